The molecular formula is C18H23NO2. The van der Waals surface area contributed by atoms with Crippen molar-refractivity contribution in [1.29, 1.82) is 0 Å². The summed E-state index contributed by atoms with van der Waals surface area (Å²) in [6, 6.07) is 12.4. The fraction of sp³-hybridized carbons (Fsp3) is 0.333. The minimum Gasteiger partial charge on any atom is -0.493 e. The first-order valence-electron chi connectivity index (χ1n) is 7.22. The summed E-state index contributed by atoms with van der Waals surface area (Å²) in [5.74, 6) is 1.52. The molecule has 0 unspecified atom stereocenters. The number of aryl methyl sites for hydroxylation is 2. The summed E-state index contributed by atoms with van der Waals surface area (Å²) in [4.78, 5) is 0. The normalized spacial score (nSPS) is 10.3. The van der Waals surface area contributed by atoms with Gasteiger partial charge in [-0.25, -0.2) is 0 Å². The summed E-state index contributed by atoms with van der Waals surface area (Å²) in [5.41, 5.74) is 5.01. The number of anilines is 1. The zero-order valence-electron chi connectivity index (χ0n) is 13.2. The molecule has 2 aromatic carbocycles. The first-order chi connectivity index (χ1) is 10.2. The molecule has 0 aliphatic carbocycles. The Hall–Kier alpha value is -2.16. The Bertz CT molecular complexity index is 608. The molecule has 2 aromatic rings. The van der Waals surface area contributed by atoms with Gasteiger partial charge in [0.1, 0.15) is 0 Å². The van der Waals surface area contributed by atoms with Gasteiger partial charge in [-0.3, -0.25) is 0 Å². The Labute approximate surface area is 126 Å². The summed E-state index contributed by atoms with van der Waals surface area (Å²) in [6.07, 6.45) is 1.02. The van der Waals surface area contributed by atoms with E-state index in [1.165, 1.54) is 16.8 Å². The van der Waals surface area contributed by atoms with E-state index in [9.17, 15) is 0 Å². The van der Waals surface area contributed by atoms with E-state index in [1.807, 2.05) is 12.1 Å². The molecule has 0 spiro atoms. The lowest BCUT2D eigenvalue weighted by molar-refractivity contribution is 0.354. The van der Waals surface area contributed by atoms with Crippen molar-refractivity contribution >= 4 is 5.69 Å². The van der Waals surface area contributed by atoms with E-state index in [-0.39, 0.29) is 0 Å². The van der Waals surface area contributed by atoms with Crippen molar-refractivity contribution in [3.63, 3.8) is 0 Å². The number of methoxy groups -OCH3 is 2. The standard InChI is InChI=1S/C18H23NO2/c1-5-15-8-6-7-13(2)18(15)19-12-14-9-10-16(20-3)17(11-14)21-4/h6-11,19H,5,12H2,1-4H3. The van der Waals surface area contributed by atoms with Gasteiger partial charge in [0.15, 0.2) is 11.5 Å². The highest BCUT2D eigenvalue weighted by atomic mass is 16.5. The molecule has 0 heterocycles. The molecule has 0 aliphatic heterocycles. The van der Waals surface area contributed by atoms with Crippen LogP contribution in [0.4, 0.5) is 5.69 Å². The third kappa shape index (κ3) is 3.48. The van der Waals surface area contributed by atoms with Crippen molar-refractivity contribution in [2.45, 2.75) is 26.8 Å². The molecule has 0 amide bonds. The summed E-state index contributed by atoms with van der Waals surface area (Å²) in [7, 11) is 3.31. The van der Waals surface area contributed by atoms with Crippen molar-refractivity contribution < 1.29 is 9.47 Å². The van der Waals surface area contributed by atoms with Gasteiger partial charge in [0.05, 0.1) is 14.2 Å². The number of ether oxygens (including phenoxy) is 2. The second-order valence-corrected chi connectivity index (χ2v) is 5.01. The Kier molecular flexibility index (Phi) is 5.09. The maximum Gasteiger partial charge on any atom is 0.161 e. The fourth-order valence-electron chi connectivity index (χ4n) is 2.46. The number of benzene rings is 2. The van der Waals surface area contributed by atoms with E-state index in [1.54, 1.807) is 14.2 Å². The van der Waals surface area contributed by atoms with Crippen LogP contribution in [0.1, 0.15) is 23.6 Å². The van der Waals surface area contributed by atoms with Crippen LogP contribution in [0.2, 0.25) is 0 Å². The lowest BCUT2D eigenvalue weighted by atomic mass is 10.1. The number of hydrogen-bond donors (Lipinski definition) is 1. The first-order valence-corrected chi connectivity index (χ1v) is 7.22. The molecule has 0 atom stereocenters. The maximum absolute atomic E-state index is 5.34. The average molecular weight is 285 g/mol. The van der Waals surface area contributed by atoms with Crippen molar-refractivity contribution in [1.82, 2.24) is 0 Å². The molecule has 0 saturated carbocycles. The van der Waals surface area contributed by atoms with Gasteiger partial charge in [-0.05, 0) is 42.2 Å². The lowest BCUT2D eigenvalue weighted by Gasteiger charge is -2.15. The summed E-state index contributed by atoms with van der Waals surface area (Å²) in [5, 5.41) is 3.54. The lowest BCUT2D eigenvalue weighted by Crippen LogP contribution is -2.04. The topological polar surface area (TPSA) is 30.5 Å². The van der Waals surface area contributed by atoms with Gasteiger partial charge in [0, 0.05) is 12.2 Å². The second kappa shape index (κ2) is 7.02. The van der Waals surface area contributed by atoms with Crippen molar-refractivity contribution in [2.24, 2.45) is 0 Å². The third-order valence-corrected chi connectivity index (χ3v) is 3.66. The summed E-state index contributed by atoms with van der Waals surface area (Å²) >= 11 is 0. The number of hydrogen-bond acceptors (Lipinski definition) is 3. The summed E-state index contributed by atoms with van der Waals surface area (Å²) in [6.45, 7) is 5.07. The van der Waals surface area contributed by atoms with Crippen LogP contribution in [-0.4, -0.2) is 14.2 Å². The van der Waals surface area contributed by atoms with Gasteiger partial charge in [-0.1, -0.05) is 31.2 Å². The molecule has 0 fully saturated rings. The molecule has 21 heavy (non-hydrogen) atoms. The zero-order valence-corrected chi connectivity index (χ0v) is 13.2. The Morgan fingerprint density at radius 1 is 1.00 bits per heavy atom. The van der Waals surface area contributed by atoms with E-state index in [0.717, 1.165) is 30.0 Å². The molecule has 0 saturated heterocycles. The number of para-hydroxylation sites is 1. The summed E-state index contributed by atoms with van der Waals surface area (Å²) < 4.78 is 10.6. The smallest absolute Gasteiger partial charge is 0.161 e. The predicted octanol–water partition coefficient (Wildman–Crippen LogP) is 4.19. The van der Waals surface area contributed by atoms with E-state index >= 15 is 0 Å². The minimum atomic E-state index is 0.756. The van der Waals surface area contributed by atoms with Gasteiger partial charge in [0.25, 0.3) is 0 Å². The molecule has 0 aliphatic rings. The Morgan fingerprint density at radius 3 is 2.43 bits per heavy atom. The van der Waals surface area contributed by atoms with E-state index in [4.69, 9.17) is 9.47 Å². The highest BCUT2D eigenvalue weighted by Crippen LogP contribution is 2.28. The molecule has 1 N–H and O–H groups in total. The predicted molar refractivity (Wildman–Crippen MR) is 87.4 cm³/mol. The van der Waals surface area contributed by atoms with E-state index in [2.05, 4.69) is 43.4 Å². The van der Waals surface area contributed by atoms with Gasteiger partial charge >= 0.3 is 0 Å². The SMILES string of the molecule is CCc1cccc(C)c1NCc1ccc(OC)c(OC)c1. The van der Waals surface area contributed by atoms with Crippen molar-refractivity contribution in [3.05, 3.63) is 53.1 Å². The van der Waals surface area contributed by atoms with Crippen LogP contribution in [0, 0.1) is 6.92 Å². The van der Waals surface area contributed by atoms with Crippen LogP contribution in [0.15, 0.2) is 36.4 Å². The molecule has 112 valence electrons. The number of rotatable bonds is 6. The highest BCUT2D eigenvalue weighted by molar-refractivity contribution is 5.57. The largest absolute Gasteiger partial charge is 0.493 e. The monoisotopic (exact) mass is 285 g/mol. The maximum atomic E-state index is 5.34. The molecule has 0 radical (unpaired) electrons. The fourth-order valence-corrected chi connectivity index (χ4v) is 2.46. The average Bonchev–Trinajstić information content (AvgIpc) is 2.53. The van der Waals surface area contributed by atoms with Crippen molar-refractivity contribution in [2.75, 3.05) is 19.5 Å². The molecule has 3 heteroatoms. The minimum absolute atomic E-state index is 0.756. The van der Waals surface area contributed by atoms with Gasteiger partial charge < -0.3 is 14.8 Å². The van der Waals surface area contributed by atoms with Crippen LogP contribution < -0.4 is 14.8 Å². The molecule has 0 aromatic heterocycles. The third-order valence-electron chi connectivity index (χ3n) is 3.66. The van der Waals surface area contributed by atoms with Crippen molar-refractivity contribution in [3.8, 4) is 11.5 Å². The number of nitrogens with one attached hydrogen (secondary N) is 1. The first kappa shape index (κ1) is 15.2. The Morgan fingerprint density at radius 2 is 1.76 bits per heavy atom. The van der Waals surface area contributed by atoms with Crippen LogP contribution in [0.3, 0.4) is 0 Å². The van der Waals surface area contributed by atoms with Crippen LogP contribution in [0.5, 0.6) is 11.5 Å². The van der Waals surface area contributed by atoms with Crippen LogP contribution in [0.25, 0.3) is 0 Å². The molecular weight excluding hydrogens is 262 g/mol. The van der Waals surface area contributed by atoms with Gasteiger partial charge in [-0.15, -0.1) is 0 Å². The molecule has 2 rings (SSSR count). The van der Waals surface area contributed by atoms with E-state index in [0.29, 0.717) is 0 Å². The van der Waals surface area contributed by atoms with Gasteiger partial charge in [-0.2, -0.15) is 0 Å². The van der Waals surface area contributed by atoms with Crippen LogP contribution >= 0.6 is 0 Å². The van der Waals surface area contributed by atoms with Gasteiger partial charge in [0.2, 0.25) is 0 Å². The second-order valence-electron chi connectivity index (χ2n) is 5.01. The van der Waals surface area contributed by atoms with E-state index < -0.39 is 0 Å². The molecule has 3 nitrogen and oxygen atoms in total. The highest BCUT2D eigenvalue weighted by Gasteiger charge is 2.07. The van der Waals surface area contributed by atoms with Crippen LogP contribution in [-0.2, 0) is 13.0 Å². The zero-order chi connectivity index (χ0) is 15.2. The Balaban J connectivity index is 2.17. The molecule has 0 bridgehead atoms. The quantitative estimate of drug-likeness (QED) is 0.863.